The number of hydrogen-bond donors (Lipinski definition) is 1. The summed E-state index contributed by atoms with van der Waals surface area (Å²) < 4.78 is 5.87. The molecule has 0 bridgehead atoms. The van der Waals surface area contributed by atoms with Crippen molar-refractivity contribution in [3.05, 3.63) is 65.9 Å². The second-order valence-corrected chi connectivity index (χ2v) is 5.91. The molecular formula is C18H17NO2. The van der Waals surface area contributed by atoms with Gasteiger partial charge in [-0.3, -0.25) is 4.98 Å². The van der Waals surface area contributed by atoms with Crippen LogP contribution in [0.15, 0.2) is 53.2 Å². The minimum atomic E-state index is -0.749. The lowest BCUT2D eigenvalue weighted by atomic mass is 10.0. The lowest BCUT2D eigenvalue weighted by Gasteiger charge is -2.11. The van der Waals surface area contributed by atoms with Gasteiger partial charge in [-0.1, -0.05) is 25.1 Å². The molecule has 3 unspecified atom stereocenters. The monoisotopic (exact) mass is 279 g/mol. The van der Waals surface area contributed by atoms with Crippen molar-refractivity contribution in [3.8, 4) is 0 Å². The topological polar surface area (TPSA) is 46.3 Å². The van der Waals surface area contributed by atoms with E-state index in [4.69, 9.17) is 4.42 Å². The number of benzene rings is 1. The highest BCUT2D eigenvalue weighted by Crippen LogP contribution is 2.48. The number of aliphatic hydroxyl groups excluding tert-OH is 1. The molecule has 3 aromatic rings. The third-order valence-corrected chi connectivity index (χ3v) is 4.40. The van der Waals surface area contributed by atoms with Crippen LogP contribution in [-0.2, 0) is 0 Å². The van der Waals surface area contributed by atoms with E-state index in [0.29, 0.717) is 17.6 Å². The smallest absolute Gasteiger partial charge is 0.137 e. The molecule has 0 saturated heterocycles. The highest BCUT2D eigenvalue weighted by molar-refractivity contribution is 5.85. The SMILES string of the molecule is CC1CC1c1ccc(C(O)c2cccc3ccncc23)o1. The van der Waals surface area contributed by atoms with Crippen LogP contribution < -0.4 is 0 Å². The Morgan fingerprint density at radius 2 is 2.10 bits per heavy atom. The second kappa shape index (κ2) is 4.71. The molecule has 21 heavy (non-hydrogen) atoms. The van der Waals surface area contributed by atoms with Crippen LogP contribution in [0.3, 0.4) is 0 Å². The van der Waals surface area contributed by atoms with E-state index in [0.717, 1.165) is 22.1 Å². The molecule has 1 aliphatic rings. The van der Waals surface area contributed by atoms with Crippen LogP contribution in [0.2, 0.25) is 0 Å². The van der Waals surface area contributed by atoms with Crippen LogP contribution in [0.25, 0.3) is 10.8 Å². The van der Waals surface area contributed by atoms with Gasteiger partial charge in [0.1, 0.15) is 17.6 Å². The fourth-order valence-corrected chi connectivity index (χ4v) is 2.96. The Hall–Kier alpha value is -2.13. The van der Waals surface area contributed by atoms with Crippen LogP contribution in [-0.4, -0.2) is 10.1 Å². The van der Waals surface area contributed by atoms with Crippen molar-refractivity contribution in [2.24, 2.45) is 5.92 Å². The van der Waals surface area contributed by atoms with Gasteiger partial charge in [-0.15, -0.1) is 0 Å². The molecule has 3 atom stereocenters. The lowest BCUT2D eigenvalue weighted by molar-refractivity contribution is 0.188. The molecule has 0 spiro atoms. The Labute approximate surface area is 123 Å². The molecule has 1 saturated carbocycles. The largest absolute Gasteiger partial charge is 0.463 e. The summed E-state index contributed by atoms with van der Waals surface area (Å²) in [6, 6.07) is 11.7. The summed E-state index contributed by atoms with van der Waals surface area (Å²) in [7, 11) is 0. The number of fused-ring (bicyclic) bond motifs is 1. The van der Waals surface area contributed by atoms with Crippen molar-refractivity contribution in [2.45, 2.75) is 25.4 Å². The predicted octanol–water partition coefficient (Wildman–Crippen LogP) is 4.03. The third-order valence-electron chi connectivity index (χ3n) is 4.40. The first-order valence-electron chi connectivity index (χ1n) is 7.34. The van der Waals surface area contributed by atoms with E-state index < -0.39 is 6.10 Å². The molecule has 1 N–H and O–H groups in total. The van der Waals surface area contributed by atoms with Crippen molar-refractivity contribution in [1.29, 1.82) is 0 Å². The second-order valence-electron chi connectivity index (χ2n) is 5.91. The molecule has 0 amide bonds. The number of aliphatic hydroxyl groups is 1. The van der Waals surface area contributed by atoms with Crippen molar-refractivity contribution in [1.82, 2.24) is 4.98 Å². The molecule has 3 heteroatoms. The summed E-state index contributed by atoms with van der Waals surface area (Å²) in [4.78, 5) is 4.16. The van der Waals surface area contributed by atoms with Crippen molar-refractivity contribution >= 4 is 10.8 Å². The number of aromatic nitrogens is 1. The van der Waals surface area contributed by atoms with Gasteiger partial charge in [0, 0.05) is 23.7 Å². The summed E-state index contributed by atoms with van der Waals surface area (Å²) >= 11 is 0. The maximum Gasteiger partial charge on any atom is 0.137 e. The van der Waals surface area contributed by atoms with E-state index in [9.17, 15) is 5.11 Å². The Morgan fingerprint density at radius 1 is 1.24 bits per heavy atom. The summed E-state index contributed by atoms with van der Waals surface area (Å²) in [5.41, 5.74) is 0.838. The van der Waals surface area contributed by atoms with E-state index in [1.54, 1.807) is 12.4 Å². The van der Waals surface area contributed by atoms with Gasteiger partial charge >= 0.3 is 0 Å². The van der Waals surface area contributed by atoms with E-state index in [-0.39, 0.29) is 0 Å². The minimum Gasteiger partial charge on any atom is -0.463 e. The Bertz CT molecular complexity index is 787. The zero-order valence-corrected chi connectivity index (χ0v) is 11.9. The molecule has 1 aromatic carbocycles. The molecular weight excluding hydrogens is 262 g/mol. The van der Waals surface area contributed by atoms with E-state index in [2.05, 4.69) is 11.9 Å². The molecule has 3 nitrogen and oxygen atoms in total. The molecule has 0 aliphatic heterocycles. The fourth-order valence-electron chi connectivity index (χ4n) is 2.96. The summed E-state index contributed by atoms with van der Waals surface area (Å²) in [5, 5.41) is 12.7. The quantitative estimate of drug-likeness (QED) is 0.787. The van der Waals surface area contributed by atoms with Gasteiger partial charge in [0.15, 0.2) is 0 Å². The number of hydrogen-bond acceptors (Lipinski definition) is 3. The number of nitrogens with zero attached hydrogens (tertiary/aromatic N) is 1. The summed E-state index contributed by atoms with van der Waals surface area (Å²) in [6.45, 7) is 2.22. The van der Waals surface area contributed by atoms with Crippen LogP contribution in [0.5, 0.6) is 0 Å². The zero-order chi connectivity index (χ0) is 14.4. The van der Waals surface area contributed by atoms with Crippen LogP contribution in [0.1, 0.15) is 42.5 Å². The minimum absolute atomic E-state index is 0.528. The Morgan fingerprint density at radius 3 is 2.90 bits per heavy atom. The van der Waals surface area contributed by atoms with Gasteiger partial charge in [0.05, 0.1) is 0 Å². The van der Waals surface area contributed by atoms with Gasteiger partial charge in [-0.2, -0.15) is 0 Å². The molecule has 106 valence electrons. The van der Waals surface area contributed by atoms with Gasteiger partial charge in [-0.05, 0) is 41.5 Å². The first-order chi connectivity index (χ1) is 10.2. The van der Waals surface area contributed by atoms with Gasteiger partial charge in [-0.25, -0.2) is 0 Å². The van der Waals surface area contributed by atoms with Crippen molar-refractivity contribution < 1.29 is 9.52 Å². The van der Waals surface area contributed by atoms with Crippen LogP contribution in [0.4, 0.5) is 0 Å². The van der Waals surface area contributed by atoms with E-state index >= 15 is 0 Å². The third kappa shape index (κ3) is 2.14. The maximum atomic E-state index is 10.6. The van der Waals surface area contributed by atoms with Crippen molar-refractivity contribution in [3.63, 3.8) is 0 Å². The molecule has 1 aliphatic carbocycles. The van der Waals surface area contributed by atoms with Crippen LogP contribution in [0, 0.1) is 5.92 Å². The Balaban J connectivity index is 1.72. The number of rotatable bonds is 3. The maximum absolute atomic E-state index is 10.6. The van der Waals surface area contributed by atoms with Crippen LogP contribution >= 0.6 is 0 Å². The van der Waals surface area contributed by atoms with Crippen molar-refractivity contribution in [2.75, 3.05) is 0 Å². The lowest BCUT2D eigenvalue weighted by Crippen LogP contribution is -1.99. The zero-order valence-electron chi connectivity index (χ0n) is 11.9. The Kier molecular flexibility index (Phi) is 2.82. The van der Waals surface area contributed by atoms with Gasteiger partial charge < -0.3 is 9.52 Å². The number of pyridine rings is 1. The summed E-state index contributed by atoms with van der Waals surface area (Å²) in [6.07, 6.45) is 3.99. The molecule has 0 radical (unpaired) electrons. The molecule has 4 rings (SSSR count). The first kappa shape index (κ1) is 12.6. The van der Waals surface area contributed by atoms with Gasteiger partial charge in [0.25, 0.3) is 0 Å². The number of furan rings is 1. The van der Waals surface area contributed by atoms with E-state index in [1.165, 1.54) is 6.42 Å². The standard InChI is InChI=1S/C18H17NO2/c1-11-9-14(11)16-5-6-17(21-16)18(20)13-4-2-3-12-7-8-19-10-15(12)13/h2-8,10-11,14,18,20H,9H2,1H3. The average molecular weight is 279 g/mol. The summed E-state index contributed by atoms with van der Waals surface area (Å²) in [5.74, 6) is 2.83. The molecule has 1 fully saturated rings. The normalized spacial score (nSPS) is 22.4. The highest BCUT2D eigenvalue weighted by Gasteiger charge is 2.37. The fraction of sp³-hybridized carbons (Fsp3) is 0.278. The first-order valence-corrected chi connectivity index (χ1v) is 7.34. The highest BCUT2D eigenvalue weighted by atomic mass is 16.4. The van der Waals surface area contributed by atoms with E-state index in [1.807, 2.05) is 36.4 Å². The molecule has 2 aromatic heterocycles. The predicted molar refractivity (Wildman–Crippen MR) is 81.0 cm³/mol. The molecule has 2 heterocycles. The van der Waals surface area contributed by atoms with Gasteiger partial charge in [0.2, 0.25) is 0 Å². The average Bonchev–Trinajstić information content (AvgIpc) is 3.05.